The predicted molar refractivity (Wildman–Crippen MR) is 85.9 cm³/mol. The Bertz CT molecular complexity index is 550. The highest BCUT2D eigenvalue weighted by atomic mass is 15.0. The van der Waals surface area contributed by atoms with Crippen molar-refractivity contribution in [2.45, 2.75) is 52.1 Å². The van der Waals surface area contributed by atoms with Crippen molar-refractivity contribution in [1.82, 2.24) is 9.88 Å². The molecule has 2 heteroatoms. The van der Waals surface area contributed by atoms with Crippen molar-refractivity contribution in [3.05, 3.63) is 36.0 Å². The summed E-state index contributed by atoms with van der Waals surface area (Å²) in [5, 5.41) is 4.86. The van der Waals surface area contributed by atoms with Crippen LogP contribution < -0.4 is 5.32 Å². The van der Waals surface area contributed by atoms with E-state index >= 15 is 0 Å². The van der Waals surface area contributed by atoms with E-state index in [-0.39, 0.29) is 0 Å². The molecule has 1 aromatic carbocycles. The summed E-state index contributed by atoms with van der Waals surface area (Å²) < 4.78 is 2.45. The van der Waals surface area contributed by atoms with E-state index in [0.717, 1.165) is 19.0 Å². The Kier molecular flexibility index (Phi) is 4.41. The van der Waals surface area contributed by atoms with Crippen LogP contribution in [0.25, 0.3) is 10.9 Å². The lowest BCUT2D eigenvalue weighted by Gasteiger charge is -2.12. The van der Waals surface area contributed by atoms with E-state index in [1.807, 2.05) is 0 Å². The average molecular weight is 270 g/mol. The van der Waals surface area contributed by atoms with Crippen molar-refractivity contribution in [3.63, 3.8) is 0 Å². The maximum absolute atomic E-state index is 3.47. The summed E-state index contributed by atoms with van der Waals surface area (Å²) >= 11 is 0. The van der Waals surface area contributed by atoms with Crippen LogP contribution in [-0.4, -0.2) is 11.1 Å². The minimum absolute atomic E-state index is 0.900. The number of nitrogens with one attached hydrogen (secondary N) is 1. The summed E-state index contributed by atoms with van der Waals surface area (Å²) in [6.07, 6.45) is 9.15. The van der Waals surface area contributed by atoms with Crippen molar-refractivity contribution in [3.8, 4) is 0 Å². The van der Waals surface area contributed by atoms with Gasteiger partial charge in [0.25, 0.3) is 0 Å². The van der Waals surface area contributed by atoms with E-state index in [1.54, 1.807) is 0 Å². The Morgan fingerprint density at radius 3 is 2.85 bits per heavy atom. The van der Waals surface area contributed by atoms with Gasteiger partial charge >= 0.3 is 0 Å². The number of rotatable bonds is 6. The Labute approximate surface area is 122 Å². The molecule has 0 spiro atoms. The van der Waals surface area contributed by atoms with Gasteiger partial charge in [0, 0.05) is 24.8 Å². The van der Waals surface area contributed by atoms with Gasteiger partial charge < -0.3 is 9.88 Å². The molecule has 0 bridgehead atoms. The van der Waals surface area contributed by atoms with E-state index in [0.29, 0.717) is 0 Å². The van der Waals surface area contributed by atoms with Crippen LogP contribution in [-0.2, 0) is 13.1 Å². The Morgan fingerprint density at radius 2 is 2.05 bits per heavy atom. The third-order valence-electron chi connectivity index (χ3n) is 4.52. The van der Waals surface area contributed by atoms with Crippen molar-refractivity contribution in [2.24, 2.45) is 5.92 Å². The fraction of sp³-hybridized carbons (Fsp3) is 0.556. The van der Waals surface area contributed by atoms with Crippen LogP contribution in [0.3, 0.4) is 0 Å². The summed E-state index contributed by atoms with van der Waals surface area (Å²) in [7, 11) is 0. The molecule has 1 N–H and O–H groups in total. The van der Waals surface area contributed by atoms with Gasteiger partial charge in [-0.15, -0.1) is 0 Å². The van der Waals surface area contributed by atoms with Gasteiger partial charge in [-0.1, -0.05) is 25.8 Å². The van der Waals surface area contributed by atoms with Crippen molar-refractivity contribution < 1.29 is 0 Å². The fourth-order valence-corrected chi connectivity index (χ4v) is 3.40. The number of fused-ring (bicyclic) bond motifs is 1. The summed E-state index contributed by atoms with van der Waals surface area (Å²) in [4.78, 5) is 0. The second kappa shape index (κ2) is 6.45. The Balaban J connectivity index is 1.72. The molecule has 1 saturated carbocycles. The molecule has 0 unspecified atom stereocenters. The first-order valence-corrected chi connectivity index (χ1v) is 8.15. The summed E-state index contributed by atoms with van der Waals surface area (Å²) in [5.41, 5.74) is 2.79. The Morgan fingerprint density at radius 1 is 1.20 bits per heavy atom. The topological polar surface area (TPSA) is 17.0 Å². The minimum Gasteiger partial charge on any atom is -0.347 e. The number of nitrogens with zero attached hydrogens (tertiary/aromatic N) is 1. The van der Waals surface area contributed by atoms with Gasteiger partial charge in [-0.3, -0.25) is 0 Å². The molecular weight excluding hydrogens is 244 g/mol. The van der Waals surface area contributed by atoms with E-state index in [1.165, 1.54) is 55.1 Å². The molecule has 108 valence electrons. The molecule has 1 aliphatic carbocycles. The first kappa shape index (κ1) is 13.7. The van der Waals surface area contributed by atoms with Crippen LogP contribution in [0.2, 0.25) is 0 Å². The van der Waals surface area contributed by atoms with E-state index in [4.69, 9.17) is 0 Å². The fourth-order valence-electron chi connectivity index (χ4n) is 3.40. The number of aromatic nitrogens is 1. The highest BCUT2D eigenvalue weighted by molar-refractivity contribution is 5.80. The zero-order valence-electron chi connectivity index (χ0n) is 12.6. The average Bonchev–Trinajstić information content (AvgIpc) is 3.10. The van der Waals surface area contributed by atoms with E-state index < -0.39 is 0 Å². The van der Waals surface area contributed by atoms with E-state index in [2.05, 4.69) is 47.3 Å². The molecule has 2 nitrogen and oxygen atoms in total. The van der Waals surface area contributed by atoms with Gasteiger partial charge in [0.2, 0.25) is 0 Å². The third kappa shape index (κ3) is 3.06. The largest absolute Gasteiger partial charge is 0.347 e. The molecule has 0 amide bonds. The summed E-state index contributed by atoms with van der Waals surface area (Å²) in [6, 6.07) is 9.18. The first-order valence-electron chi connectivity index (χ1n) is 8.15. The van der Waals surface area contributed by atoms with Crippen LogP contribution in [0.15, 0.2) is 30.5 Å². The van der Waals surface area contributed by atoms with Gasteiger partial charge in [0.15, 0.2) is 0 Å². The lowest BCUT2D eigenvalue weighted by atomic mass is 10.1. The quantitative estimate of drug-likeness (QED) is 0.773. The van der Waals surface area contributed by atoms with Crippen molar-refractivity contribution in [1.29, 1.82) is 0 Å². The van der Waals surface area contributed by atoms with Crippen molar-refractivity contribution >= 4 is 10.9 Å². The third-order valence-corrected chi connectivity index (χ3v) is 4.52. The SMILES string of the molecule is CCCNCc1ccc2c(ccn2CC2CCCC2)c1. The molecule has 1 aromatic heterocycles. The zero-order chi connectivity index (χ0) is 13.8. The lowest BCUT2D eigenvalue weighted by Crippen LogP contribution is -2.13. The molecule has 0 atom stereocenters. The standard InChI is InChI=1S/C18H26N2/c1-2-10-19-13-16-7-8-18-17(12-16)9-11-20(18)14-15-5-3-4-6-15/h7-9,11-12,15,19H,2-6,10,13-14H2,1H3. The normalized spacial score (nSPS) is 16.2. The molecule has 0 radical (unpaired) electrons. The van der Waals surface area contributed by atoms with Gasteiger partial charge in [0.1, 0.15) is 0 Å². The molecule has 1 heterocycles. The predicted octanol–water partition coefficient (Wildman–Crippen LogP) is 4.33. The molecule has 20 heavy (non-hydrogen) atoms. The van der Waals surface area contributed by atoms with Gasteiger partial charge in [-0.25, -0.2) is 0 Å². The monoisotopic (exact) mass is 270 g/mol. The summed E-state index contributed by atoms with van der Waals surface area (Å²) in [6.45, 7) is 5.49. The maximum atomic E-state index is 3.47. The molecule has 1 aliphatic rings. The number of hydrogen-bond acceptors (Lipinski definition) is 1. The van der Waals surface area contributed by atoms with E-state index in [9.17, 15) is 0 Å². The molecule has 0 aliphatic heterocycles. The highest BCUT2D eigenvalue weighted by Crippen LogP contribution is 2.28. The number of hydrogen-bond donors (Lipinski definition) is 1. The maximum Gasteiger partial charge on any atom is 0.0480 e. The molecule has 3 rings (SSSR count). The van der Waals surface area contributed by atoms with Crippen LogP contribution in [0.1, 0.15) is 44.6 Å². The van der Waals surface area contributed by atoms with Gasteiger partial charge in [-0.05, 0) is 60.9 Å². The molecule has 1 fully saturated rings. The van der Waals surface area contributed by atoms with Crippen LogP contribution in [0.5, 0.6) is 0 Å². The molecular formula is C18H26N2. The summed E-state index contributed by atoms with van der Waals surface area (Å²) in [5.74, 6) is 0.900. The minimum atomic E-state index is 0.900. The van der Waals surface area contributed by atoms with Crippen LogP contribution >= 0.6 is 0 Å². The highest BCUT2D eigenvalue weighted by Gasteiger charge is 2.16. The second-order valence-corrected chi connectivity index (χ2v) is 6.19. The lowest BCUT2D eigenvalue weighted by molar-refractivity contribution is 0.466. The van der Waals surface area contributed by atoms with Gasteiger partial charge in [-0.2, -0.15) is 0 Å². The molecule has 0 saturated heterocycles. The zero-order valence-corrected chi connectivity index (χ0v) is 12.6. The second-order valence-electron chi connectivity index (χ2n) is 6.19. The number of benzene rings is 1. The van der Waals surface area contributed by atoms with Crippen LogP contribution in [0, 0.1) is 5.92 Å². The smallest absolute Gasteiger partial charge is 0.0480 e. The Hall–Kier alpha value is -1.28. The molecule has 2 aromatic rings. The first-order chi connectivity index (χ1) is 9.86. The van der Waals surface area contributed by atoms with Gasteiger partial charge in [0.05, 0.1) is 0 Å². The van der Waals surface area contributed by atoms with Crippen LogP contribution in [0.4, 0.5) is 0 Å². The van der Waals surface area contributed by atoms with Crippen molar-refractivity contribution in [2.75, 3.05) is 6.54 Å².